The van der Waals surface area contributed by atoms with Crippen LogP contribution in [0.2, 0.25) is 0 Å². The van der Waals surface area contributed by atoms with Crippen molar-refractivity contribution in [1.82, 2.24) is 0 Å². The Kier molecular flexibility index (Phi) is 5.40. The van der Waals surface area contributed by atoms with Gasteiger partial charge in [-0.15, -0.1) is 0 Å². The second-order valence-corrected chi connectivity index (χ2v) is 10.6. The first-order chi connectivity index (χ1) is 14.3. The average molecular weight is 427 g/mol. The molecule has 1 heterocycles. The van der Waals surface area contributed by atoms with Crippen LogP contribution in [-0.4, -0.2) is 32.0 Å². The highest BCUT2D eigenvalue weighted by Gasteiger charge is 2.37. The third-order valence-electron chi connectivity index (χ3n) is 5.89. The highest BCUT2D eigenvalue weighted by atomic mass is 32.2. The topological polar surface area (TPSA) is 83.6 Å². The number of fused-ring (bicyclic) bond motifs is 1. The van der Waals surface area contributed by atoms with E-state index < -0.39 is 15.1 Å². The molecule has 2 aromatic rings. The van der Waals surface area contributed by atoms with E-state index in [1.807, 2.05) is 25.1 Å². The van der Waals surface area contributed by atoms with E-state index in [0.717, 1.165) is 29.7 Å². The second kappa shape index (κ2) is 7.87. The van der Waals surface area contributed by atoms with Crippen molar-refractivity contribution in [3.8, 4) is 0 Å². The van der Waals surface area contributed by atoms with Gasteiger partial charge in [0.25, 0.3) is 0 Å². The first kappa shape index (κ1) is 20.6. The number of aryl methyl sites for hydroxylation is 1. The van der Waals surface area contributed by atoms with Crippen molar-refractivity contribution in [3.63, 3.8) is 0 Å². The number of hydrogen-bond acceptors (Lipinski definition) is 4. The predicted octanol–water partition coefficient (Wildman–Crippen LogP) is 3.49. The van der Waals surface area contributed by atoms with Crippen molar-refractivity contribution in [2.45, 2.75) is 49.7 Å². The van der Waals surface area contributed by atoms with Gasteiger partial charge in [0.15, 0.2) is 9.84 Å². The van der Waals surface area contributed by atoms with Gasteiger partial charge in [-0.3, -0.25) is 9.59 Å². The molecule has 0 saturated heterocycles. The van der Waals surface area contributed by atoms with Crippen LogP contribution in [0.1, 0.15) is 37.3 Å². The van der Waals surface area contributed by atoms with Crippen LogP contribution in [0, 0.1) is 12.8 Å². The zero-order valence-electron chi connectivity index (χ0n) is 17.2. The number of carbonyl (C=O) groups is 2. The maximum absolute atomic E-state index is 13.1. The standard InChI is InChI=1S/C23H26N2O4S/c1-15-5-3-4-6-20(15)24-22(26)13-16(2)30(28,29)19-9-10-21-18(14-19)11-12-25(21)23(27)17-7-8-17/h3-6,9-10,14,16-17H,7-8,11-13H2,1-2H3,(H,24,26)/t16-/m0/s1. The van der Waals surface area contributed by atoms with E-state index in [4.69, 9.17) is 0 Å². The molecule has 2 aliphatic rings. The zero-order valence-corrected chi connectivity index (χ0v) is 18.0. The van der Waals surface area contributed by atoms with Gasteiger partial charge in [-0.1, -0.05) is 18.2 Å². The van der Waals surface area contributed by atoms with Crippen molar-refractivity contribution >= 4 is 33.0 Å². The Morgan fingerprint density at radius 3 is 2.60 bits per heavy atom. The SMILES string of the molecule is Cc1ccccc1NC(=O)C[C@H](C)S(=O)(=O)c1ccc2c(c1)CCN2C(=O)C1CC1. The molecule has 158 valence electrons. The fraction of sp³-hybridized carbons (Fsp3) is 0.391. The third-order valence-corrected chi connectivity index (χ3v) is 8.03. The molecule has 1 saturated carbocycles. The molecule has 2 aromatic carbocycles. The van der Waals surface area contributed by atoms with Gasteiger partial charge in [0.1, 0.15) is 0 Å². The van der Waals surface area contributed by atoms with E-state index in [0.29, 0.717) is 18.7 Å². The van der Waals surface area contributed by atoms with Gasteiger partial charge < -0.3 is 10.2 Å². The van der Waals surface area contributed by atoms with Crippen LogP contribution in [-0.2, 0) is 25.8 Å². The molecule has 30 heavy (non-hydrogen) atoms. The van der Waals surface area contributed by atoms with Gasteiger partial charge in [0.2, 0.25) is 11.8 Å². The van der Waals surface area contributed by atoms with Crippen molar-refractivity contribution in [2.75, 3.05) is 16.8 Å². The maximum Gasteiger partial charge on any atom is 0.230 e. The number of sulfone groups is 1. The monoisotopic (exact) mass is 426 g/mol. The Labute approximate surface area is 177 Å². The van der Waals surface area contributed by atoms with E-state index in [9.17, 15) is 18.0 Å². The van der Waals surface area contributed by atoms with E-state index in [2.05, 4.69) is 5.32 Å². The number of nitrogens with one attached hydrogen (secondary N) is 1. The summed E-state index contributed by atoms with van der Waals surface area (Å²) in [6.45, 7) is 4.04. The van der Waals surface area contributed by atoms with Gasteiger partial charge >= 0.3 is 0 Å². The summed E-state index contributed by atoms with van der Waals surface area (Å²) in [4.78, 5) is 26.8. The molecule has 0 bridgehead atoms. The number of para-hydroxylation sites is 1. The number of hydrogen-bond donors (Lipinski definition) is 1. The van der Waals surface area contributed by atoms with Crippen LogP contribution in [0.4, 0.5) is 11.4 Å². The van der Waals surface area contributed by atoms with Crippen molar-refractivity contribution in [3.05, 3.63) is 53.6 Å². The van der Waals surface area contributed by atoms with E-state index in [1.54, 1.807) is 36.1 Å². The van der Waals surface area contributed by atoms with Gasteiger partial charge in [0, 0.05) is 30.3 Å². The highest BCUT2D eigenvalue weighted by molar-refractivity contribution is 7.92. The smallest absolute Gasteiger partial charge is 0.230 e. The second-order valence-electron chi connectivity index (χ2n) is 8.23. The molecule has 7 heteroatoms. The molecule has 0 aromatic heterocycles. The summed E-state index contributed by atoms with van der Waals surface area (Å²) in [5.41, 5.74) is 3.30. The van der Waals surface area contributed by atoms with E-state index >= 15 is 0 Å². The van der Waals surface area contributed by atoms with Gasteiger partial charge in [-0.05, 0) is 68.5 Å². The normalized spacial score (nSPS) is 16.8. The van der Waals surface area contributed by atoms with Crippen LogP contribution >= 0.6 is 0 Å². The molecule has 6 nitrogen and oxygen atoms in total. The van der Waals surface area contributed by atoms with Crippen LogP contribution in [0.3, 0.4) is 0 Å². The Morgan fingerprint density at radius 2 is 1.90 bits per heavy atom. The van der Waals surface area contributed by atoms with Gasteiger partial charge in [0.05, 0.1) is 10.1 Å². The number of rotatable bonds is 6. The van der Waals surface area contributed by atoms with Crippen LogP contribution in [0.5, 0.6) is 0 Å². The Hall–Kier alpha value is -2.67. The Balaban J connectivity index is 1.47. The molecule has 0 radical (unpaired) electrons. The minimum absolute atomic E-state index is 0.125. The molecule has 2 amide bonds. The molecule has 0 spiro atoms. The first-order valence-corrected chi connectivity index (χ1v) is 11.9. The van der Waals surface area contributed by atoms with Gasteiger partial charge in [-0.25, -0.2) is 8.42 Å². The molecule has 1 atom stereocenters. The molecule has 0 unspecified atom stereocenters. The summed E-state index contributed by atoms with van der Waals surface area (Å²) >= 11 is 0. The summed E-state index contributed by atoms with van der Waals surface area (Å²) in [6.07, 6.45) is 2.41. The number of nitrogens with zero attached hydrogens (tertiary/aromatic N) is 1. The van der Waals surface area contributed by atoms with Crippen molar-refractivity contribution in [1.29, 1.82) is 0 Å². The lowest BCUT2D eigenvalue weighted by molar-refractivity contribution is -0.119. The van der Waals surface area contributed by atoms with Crippen molar-refractivity contribution < 1.29 is 18.0 Å². The molecular formula is C23H26N2O4S. The molecular weight excluding hydrogens is 400 g/mol. The Bertz CT molecular complexity index is 1110. The average Bonchev–Trinajstić information content (AvgIpc) is 3.48. The van der Waals surface area contributed by atoms with Gasteiger partial charge in [-0.2, -0.15) is 0 Å². The number of carbonyl (C=O) groups excluding carboxylic acids is 2. The minimum Gasteiger partial charge on any atom is -0.326 e. The van der Waals surface area contributed by atoms with Crippen molar-refractivity contribution in [2.24, 2.45) is 5.92 Å². The largest absolute Gasteiger partial charge is 0.326 e. The number of benzene rings is 2. The lowest BCUT2D eigenvalue weighted by Gasteiger charge is -2.18. The molecule has 1 fully saturated rings. The van der Waals surface area contributed by atoms with Crippen LogP contribution in [0.15, 0.2) is 47.4 Å². The molecule has 1 N–H and O–H groups in total. The Morgan fingerprint density at radius 1 is 1.17 bits per heavy atom. The molecule has 1 aliphatic carbocycles. The first-order valence-electron chi connectivity index (χ1n) is 10.3. The number of anilines is 2. The summed E-state index contributed by atoms with van der Waals surface area (Å²) in [6, 6.07) is 12.3. The summed E-state index contributed by atoms with van der Waals surface area (Å²) < 4.78 is 26.1. The lowest BCUT2D eigenvalue weighted by Crippen LogP contribution is -2.30. The fourth-order valence-corrected chi connectivity index (χ4v) is 5.25. The zero-order chi connectivity index (χ0) is 21.5. The number of amides is 2. The predicted molar refractivity (Wildman–Crippen MR) is 116 cm³/mol. The minimum atomic E-state index is -3.66. The third kappa shape index (κ3) is 3.99. The maximum atomic E-state index is 13.1. The molecule has 1 aliphatic heterocycles. The lowest BCUT2D eigenvalue weighted by atomic mass is 10.2. The van der Waals surface area contributed by atoms with Crippen LogP contribution < -0.4 is 10.2 Å². The highest BCUT2D eigenvalue weighted by Crippen LogP contribution is 2.37. The van der Waals surface area contributed by atoms with E-state index in [1.165, 1.54) is 0 Å². The fourth-order valence-electron chi connectivity index (χ4n) is 3.85. The summed E-state index contributed by atoms with van der Waals surface area (Å²) in [5.74, 6) is -0.0560. The van der Waals surface area contributed by atoms with Crippen LogP contribution in [0.25, 0.3) is 0 Å². The quantitative estimate of drug-likeness (QED) is 0.766. The molecule has 4 rings (SSSR count). The summed E-state index contributed by atoms with van der Waals surface area (Å²) in [5, 5.41) is 1.94. The summed E-state index contributed by atoms with van der Waals surface area (Å²) in [7, 11) is -3.66. The van der Waals surface area contributed by atoms with E-state index in [-0.39, 0.29) is 29.0 Å².